The lowest BCUT2D eigenvalue weighted by Gasteiger charge is -2.45. The summed E-state index contributed by atoms with van der Waals surface area (Å²) in [5, 5.41) is 0. The molecule has 1 amide bonds. The highest BCUT2D eigenvalue weighted by atomic mass is 16.2. The predicted octanol–water partition coefficient (Wildman–Crippen LogP) is 1.06. The van der Waals surface area contributed by atoms with E-state index in [1.165, 1.54) is 19.3 Å². The van der Waals surface area contributed by atoms with E-state index in [2.05, 4.69) is 11.8 Å². The van der Waals surface area contributed by atoms with Gasteiger partial charge in [-0.1, -0.05) is 26.2 Å². The third-order valence-corrected chi connectivity index (χ3v) is 4.04. The fourth-order valence-corrected chi connectivity index (χ4v) is 2.78. The lowest BCUT2D eigenvalue weighted by molar-refractivity contribution is -0.132. The molecule has 0 aromatic rings. The van der Waals surface area contributed by atoms with E-state index in [1.807, 2.05) is 14.1 Å². The van der Waals surface area contributed by atoms with Gasteiger partial charge in [0.15, 0.2) is 0 Å². The number of hydrogen-bond acceptors (Lipinski definition) is 3. The number of nitrogens with two attached hydrogens (primary N) is 1. The van der Waals surface area contributed by atoms with Crippen LogP contribution in [0.3, 0.4) is 0 Å². The van der Waals surface area contributed by atoms with Crippen LogP contribution in [0.15, 0.2) is 0 Å². The zero-order chi connectivity index (χ0) is 12.9. The average molecular weight is 241 g/mol. The molecule has 2 N–H and O–H groups in total. The summed E-state index contributed by atoms with van der Waals surface area (Å²) in [6.07, 6.45) is 6.06. The molecule has 1 rings (SSSR count). The van der Waals surface area contributed by atoms with Crippen LogP contribution in [0.1, 0.15) is 39.0 Å². The van der Waals surface area contributed by atoms with Crippen molar-refractivity contribution in [2.75, 3.05) is 33.7 Å². The number of carbonyl (C=O) groups is 1. The Kier molecular flexibility index (Phi) is 5.40. The highest BCUT2D eigenvalue weighted by Crippen LogP contribution is 2.32. The Morgan fingerprint density at radius 3 is 2.24 bits per heavy atom. The van der Waals surface area contributed by atoms with Gasteiger partial charge in [0, 0.05) is 26.2 Å². The molecule has 0 atom stereocenters. The molecular formula is C13H27N3O. The first-order chi connectivity index (χ1) is 8.05. The van der Waals surface area contributed by atoms with E-state index in [0.717, 1.165) is 19.4 Å². The third kappa shape index (κ3) is 3.42. The summed E-state index contributed by atoms with van der Waals surface area (Å²) in [4.78, 5) is 15.8. The minimum Gasteiger partial charge on any atom is -0.348 e. The fourth-order valence-electron chi connectivity index (χ4n) is 2.78. The molecule has 0 aromatic carbocycles. The van der Waals surface area contributed by atoms with Crippen molar-refractivity contribution in [2.45, 2.75) is 44.6 Å². The number of likely N-dealkylation sites (N-methyl/N-ethyl adjacent to an activating group) is 2. The van der Waals surface area contributed by atoms with Crippen molar-refractivity contribution < 1.29 is 4.79 Å². The summed E-state index contributed by atoms with van der Waals surface area (Å²) in [5.41, 5.74) is 6.07. The van der Waals surface area contributed by atoms with Gasteiger partial charge >= 0.3 is 0 Å². The smallest absolute Gasteiger partial charge is 0.236 e. The van der Waals surface area contributed by atoms with Gasteiger partial charge in [0.25, 0.3) is 0 Å². The molecule has 17 heavy (non-hydrogen) atoms. The predicted molar refractivity (Wildman–Crippen MR) is 70.8 cm³/mol. The molecule has 0 radical (unpaired) electrons. The van der Waals surface area contributed by atoms with Crippen molar-refractivity contribution in [1.29, 1.82) is 0 Å². The lowest BCUT2D eigenvalue weighted by Crippen LogP contribution is -2.57. The average Bonchev–Trinajstić information content (AvgIpc) is 2.36. The van der Waals surface area contributed by atoms with E-state index < -0.39 is 0 Å². The summed E-state index contributed by atoms with van der Waals surface area (Å²) in [6, 6.07) is 0. The van der Waals surface area contributed by atoms with E-state index >= 15 is 0 Å². The van der Waals surface area contributed by atoms with Crippen LogP contribution in [0.4, 0.5) is 0 Å². The molecule has 100 valence electrons. The number of hydrogen-bond donors (Lipinski definition) is 1. The molecule has 0 bridgehead atoms. The summed E-state index contributed by atoms with van der Waals surface area (Å²) in [5.74, 6) is 0.172. The summed E-state index contributed by atoms with van der Waals surface area (Å²) in [6.45, 7) is 4.19. The van der Waals surface area contributed by atoms with Crippen LogP contribution in [-0.2, 0) is 4.79 Å². The van der Waals surface area contributed by atoms with Crippen LogP contribution in [-0.4, -0.2) is 55.0 Å². The lowest BCUT2D eigenvalue weighted by atomic mass is 9.80. The Hall–Kier alpha value is -0.610. The van der Waals surface area contributed by atoms with Gasteiger partial charge in [0.2, 0.25) is 5.91 Å². The molecule has 0 heterocycles. The van der Waals surface area contributed by atoms with Gasteiger partial charge in [-0.05, 0) is 19.4 Å². The molecule has 1 aliphatic carbocycles. The van der Waals surface area contributed by atoms with E-state index in [1.54, 1.807) is 4.90 Å². The topological polar surface area (TPSA) is 49.6 Å². The normalized spacial score (nSPS) is 19.4. The molecular weight excluding hydrogens is 214 g/mol. The zero-order valence-electron chi connectivity index (χ0n) is 11.5. The highest BCUT2D eigenvalue weighted by Gasteiger charge is 2.36. The summed E-state index contributed by atoms with van der Waals surface area (Å²) >= 11 is 0. The second kappa shape index (κ2) is 6.36. The van der Waals surface area contributed by atoms with Gasteiger partial charge < -0.3 is 10.6 Å². The Balaban J connectivity index is 2.72. The van der Waals surface area contributed by atoms with Gasteiger partial charge in [0.1, 0.15) is 0 Å². The van der Waals surface area contributed by atoms with Gasteiger partial charge in [-0.25, -0.2) is 0 Å². The molecule has 0 unspecified atom stereocenters. The SMILES string of the molecule is CCN(CC(=O)N(C)C)C1(CN)CCCCC1. The van der Waals surface area contributed by atoms with E-state index in [0.29, 0.717) is 13.1 Å². The van der Waals surface area contributed by atoms with Crippen molar-refractivity contribution in [3.05, 3.63) is 0 Å². The Labute approximate surface area is 105 Å². The monoisotopic (exact) mass is 241 g/mol. The van der Waals surface area contributed by atoms with Crippen molar-refractivity contribution in [3.63, 3.8) is 0 Å². The molecule has 0 spiro atoms. The van der Waals surface area contributed by atoms with Crippen LogP contribution in [0.25, 0.3) is 0 Å². The zero-order valence-corrected chi connectivity index (χ0v) is 11.5. The first kappa shape index (κ1) is 14.5. The number of rotatable bonds is 5. The van der Waals surface area contributed by atoms with E-state index in [4.69, 9.17) is 5.73 Å². The number of amides is 1. The van der Waals surface area contributed by atoms with Crippen LogP contribution in [0.2, 0.25) is 0 Å². The standard InChI is InChI=1S/C13H27N3O/c1-4-16(10-12(17)15(2)3)13(11-14)8-6-5-7-9-13/h4-11,14H2,1-3H3. The summed E-state index contributed by atoms with van der Waals surface area (Å²) < 4.78 is 0. The first-order valence-electron chi connectivity index (χ1n) is 6.71. The molecule has 1 saturated carbocycles. The molecule has 4 heteroatoms. The molecule has 0 aromatic heterocycles. The van der Waals surface area contributed by atoms with Crippen LogP contribution in [0, 0.1) is 0 Å². The van der Waals surface area contributed by atoms with Crippen LogP contribution in [0.5, 0.6) is 0 Å². The Bertz CT molecular complexity index is 247. The molecule has 0 aliphatic heterocycles. The first-order valence-corrected chi connectivity index (χ1v) is 6.71. The van der Waals surface area contributed by atoms with Crippen LogP contribution < -0.4 is 5.73 Å². The second-order valence-electron chi connectivity index (χ2n) is 5.29. The minimum absolute atomic E-state index is 0.0681. The van der Waals surface area contributed by atoms with Crippen molar-refractivity contribution >= 4 is 5.91 Å². The van der Waals surface area contributed by atoms with Crippen molar-refractivity contribution in [1.82, 2.24) is 9.80 Å². The largest absolute Gasteiger partial charge is 0.348 e. The van der Waals surface area contributed by atoms with Gasteiger partial charge in [-0.3, -0.25) is 9.69 Å². The quantitative estimate of drug-likeness (QED) is 0.783. The van der Waals surface area contributed by atoms with Gasteiger partial charge in [-0.2, -0.15) is 0 Å². The number of nitrogens with zero attached hydrogens (tertiary/aromatic N) is 2. The number of carbonyl (C=O) groups excluding carboxylic acids is 1. The van der Waals surface area contributed by atoms with Crippen molar-refractivity contribution in [3.8, 4) is 0 Å². The summed E-state index contributed by atoms with van der Waals surface area (Å²) in [7, 11) is 3.62. The maximum absolute atomic E-state index is 11.9. The Morgan fingerprint density at radius 1 is 1.24 bits per heavy atom. The van der Waals surface area contributed by atoms with Crippen LogP contribution >= 0.6 is 0 Å². The van der Waals surface area contributed by atoms with Crippen molar-refractivity contribution in [2.24, 2.45) is 5.73 Å². The fraction of sp³-hybridized carbons (Fsp3) is 0.923. The Morgan fingerprint density at radius 2 is 1.82 bits per heavy atom. The van der Waals surface area contributed by atoms with Gasteiger partial charge in [0.05, 0.1) is 6.54 Å². The maximum atomic E-state index is 11.9. The second-order valence-corrected chi connectivity index (χ2v) is 5.29. The molecule has 0 saturated heterocycles. The molecule has 4 nitrogen and oxygen atoms in total. The molecule has 1 fully saturated rings. The minimum atomic E-state index is 0.0681. The molecule has 1 aliphatic rings. The van der Waals surface area contributed by atoms with E-state index in [9.17, 15) is 4.79 Å². The maximum Gasteiger partial charge on any atom is 0.236 e. The van der Waals surface area contributed by atoms with E-state index in [-0.39, 0.29) is 11.4 Å². The van der Waals surface area contributed by atoms with Gasteiger partial charge in [-0.15, -0.1) is 0 Å². The highest BCUT2D eigenvalue weighted by molar-refractivity contribution is 5.77. The third-order valence-electron chi connectivity index (χ3n) is 4.04.